The maximum absolute atomic E-state index is 12.0. The van der Waals surface area contributed by atoms with Gasteiger partial charge in [-0.25, -0.2) is 13.1 Å². The van der Waals surface area contributed by atoms with Crippen molar-refractivity contribution in [3.05, 3.63) is 33.4 Å². The average Bonchev–Trinajstić information content (AvgIpc) is 2.77. The molecule has 0 aromatic heterocycles. The minimum absolute atomic E-state index is 0.0486. The third-order valence-electron chi connectivity index (χ3n) is 3.75. The smallest absolute Gasteiger partial charge is 0.212 e. The number of nitrogens with one attached hydrogen (secondary N) is 1. The van der Waals surface area contributed by atoms with E-state index in [0.29, 0.717) is 5.92 Å². The third kappa shape index (κ3) is 3.70. The molecule has 1 aromatic carbocycles. The van der Waals surface area contributed by atoms with E-state index in [1.807, 2.05) is 0 Å². The average molecular weight is 393 g/mol. The summed E-state index contributed by atoms with van der Waals surface area (Å²) in [6, 6.07) is 8.46. The number of rotatable bonds is 4. The van der Waals surface area contributed by atoms with Gasteiger partial charge in [0.05, 0.1) is 5.25 Å². The zero-order valence-electron chi connectivity index (χ0n) is 11.3. The molecule has 1 aliphatic rings. The van der Waals surface area contributed by atoms with Crippen molar-refractivity contribution < 1.29 is 8.42 Å². The van der Waals surface area contributed by atoms with Gasteiger partial charge in [0.1, 0.15) is 0 Å². The van der Waals surface area contributed by atoms with Crippen LogP contribution in [-0.2, 0) is 10.0 Å². The number of benzene rings is 1. The van der Waals surface area contributed by atoms with Gasteiger partial charge in [-0.15, -0.1) is 0 Å². The predicted octanol–water partition coefficient (Wildman–Crippen LogP) is 3.26. The van der Waals surface area contributed by atoms with Crippen molar-refractivity contribution in [3.8, 4) is 0 Å². The molecular formula is C14H20INO2S. The Morgan fingerprint density at radius 3 is 2.42 bits per heavy atom. The number of hydrogen-bond acceptors (Lipinski definition) is 2. The van der Waals surface area contributed by atoms with Crippen molar-refractivity contribution in [2.75, 3.05) is 0 Å². The molecule has 0 bridgehead atoms. The van der Waals surface area contributed by atoms with Crippen LogP contribution in [0.25, 0.3) is 0 Å². The lowest BCUT2D eigenvalue weighted by atomic mass is 9.95. The first kappa shape index (κ1) is 15.3. The van der Waals surface area contributed by atoms with Crippen molar-refractivity contribution >= 4 is 32.6 Å². The normalized spacial score (nSPS) is 24.0. The van der Waals surface area contributed by atoms with E-state index >= 15 is 0 Å². The highest BCUT2D eigenvalue weighted by Gasteiger charge is 2.32. The van der Waals surface area contributed by atoms with E-state index in [1.54, 1.807) is 13.8 Å². The molecule has 19 heavy (non-hydrogen) atoms. The van der Waals surface area contributed by atoms with Crippen LogP contribution in [0.2, 0.25) is 0 Å². The Morgan fingerprint density at radius 2 is 1.84 bits per heavy atom. The van der Waals surface area contributed by atoms with Crippen LogP contribution in [0.1, 0.15) is 44.6 Å². The molecule has 1 aromatic rings. The molecule has 1 N–H and O–H groups in total. The fourth-order valence-corrected chi connectivity index (χ4v) is 3.89. The molecule has 0 radical (unpaired) electrons. The molecule has 3 nitrogen and oxygen atoms in total. The second kappa shape index (κ2) is 6.10. The first-order valence-corrected chi connectivity index (χ1v) is 9.29. The van der Waals surface area contributed by atoms with Crippen LogP contribution >= 0.6 is 22.6 Å². The molecule has 5 heteroatoms. The number of halogens is 1. The molecule has 1 aliphatic carbocycles. The Kier molecular flexibility index (Phi) is 4.89. The van der Waals surface area contributed by atoms with E-state index in [-0.39, 0.29) is 11.3 Å². The lowest BCUT2D eigenvalue weighted by Gasteiger charge is -2.22. The second-order valence-corrected chi connectivity index (χ2v) is 8.92. The van der Waals surface area contributed by atoms with Gasteiger partial charge in [0.15, 0.2) is 0 Å². The quantitative estimate of drug-likeness (QED) is 0.799. The Bertz CT molecular complexity index is 525. The Labute approximate surface area is 129 Å². The standard InChI is InChI=1S/C14H20INO2S/c1-10(2)19(17,18)16-14-5-3-4-13(14)11-6-8-12(15)9-7-11/h6-10,13-14,16H,3-5H2,1-2H3/t13-,14+/m1/s1. The molecule has 0 aliphatic heterocycles. The van der Waals surface area contributed by atoms with Crippen LogP contribution in [0.3, 0.4) is 0 Å². The maximum Gasteiger partial charge on any atom is 0.214 e. The second-order valence-electron chi connectivity index (χ2n) is 5.41. The summed E-state index contributed by atoms with van der Waals surface area (Å²) in [7, 11) is -3.18. The molecule has 0 unspecified atom stereocenters. The fraction of sp³-hybridized carbons (Fsp3) is 0.571. The van der Waals surface area contributed by atoms with Crippen molar-refractivity contribution in [1.82, 2.24) is 4.72 Å². The van der Waals surface area contributed by atoms with Gasteiger partial charge in [0.25, 0.3) is 0 Å². The SMILES string of the molecule is CC(C)S(=O)(=O)N[C@H]1CCC[C@@H]1c1ccc(I)cc1. The minimum atomic E-state index is -3.18. The monoisotopic (exact) mass is 393 g/mol. The van der Waals surface area contributed by atoms with Crippen molar-refractivity contribution in [1.29, 1.82) is 0 Å². The summed E-state index contributed by atoms with van der Waals surface area (Å²) in [6.45, 7) is 3.44. The fourth-order valence-electron chi connectivity index (χ4n) is 2.56. The van der Waals surface area contributed by atoms with E-state index in [0.717, 1.165) is 19.3 Å². The lowest BCUT2D eigenvalue weighted by Crippen LogP contribution is -2.40. The zero-order chi connectivity index (χ0) is 14.0. The molecule has 2 rings (SSSR count). The maximum atomic E-state index is 12.0. The molecule has 1 saturated carbocycles. The van der Waals surface area contributed by atoms with Gasteiger partial charge in [0, 0.05) is 15.5 Å². The molecule has 0 amide bonds. The van der Waals surface area contributed by atoms with E-state index in [4.69, 9.17) is 0 Å². The van der Waals surface area contributed by atoms with Gasteiger partial charge in [-0.05, 0) is 67.0 Å². The predicted molar refractivity (Wildman–Crippen MR) is 86.7 cm³/mol. The molecule has 0 heterocycles. The molecule has 2 atom stereocenters. The molecule has 0 spiro atoms. The van der Waals surface area contributed by atoms with Gasteiger partial charge in [0.2, 0.25) is 10.0 Å². The van der Waals surface area contributed by atoms with Gasteiger partial charge in [-0.3, -0.25) is 0 Å². The van der Waals surface area contributed by atoms with E-state index < -0.39 is 10.0 Å². The van der Waals surface area contributed by atoms with Crippen LogP contribution < -0.4 is 4.72 Å². The van der Waals surface area contributed by atoms with Crippen LogP contribution in [0.4, 0.5) is 0 Å². The van der Waals surface area contributed by atoms with Gasteiger partial charge in [-0.1, -0.05) is 18.6 Å². The summed E-state index contributed by atoms with van der Waals surface area (Å²) in [6.07, 6.45) is 3.08. The lowest BCUT2D eigenvalue weighted by molar-refractivity contribution is 0.519. The summed E-state index contributed by atoms with van der Waals surface area (Å²) in [5, 5.41) is -0.370. The first-order valence-electron chi connectivity index (χ1n) is 6.67. The van der Waals surface area contributed by atoms with Crippen molar-refractivity contribution in [3.63, 3.8) is 0 Å². The zero-order valence-corrected chi connectivity index (χ0v) is 14.2. The van der Waals surface area contributed by atoms with Crippen LogP contribution in [0.15, 0.2) is 24.3 Å². The summed E-state index contributed by atoms with van der Waals surface area (Å²) in [5.74, 6) is 0.311. The van der Waals surface area contributed by atoms with E-state index in [2.05, 4.69) is 51.6 Å². The first-order chi connectivity index (χ1) is 8.90. The van der Waals surface area contributed by atoms with Gasteiger partial charge >= 0.3 is 0 Å². The highest BCUT2D eigenvalue weighted by atomic mass is 127. The summed E-state index contributed by atoms with van der Waals surface area (Å²) in [4.78, 5) is 0. The van der Waals surface area contributed by atoms with Crippen LogP contribution in [-0.4, -0.2) is 19.7 Å². The molecule has 1 fully saturated rings. The van der Waals surface area contributed by atoms with Gasteiger partial charge < -0.3 is 0 Å². The highest BCUT2D eigenvalue weighted by Crippen LogP contribution is 2.35. The summed E-state index contributed by atoms with van der Waals surface area (Å²) in [5.41, 5.74) is 1.24. The Balaban J connectivity index is 2.15. The topological polar surface area (TPSA) is 46.2 Å². The van der Waals surface area contributed by atoms with Crippen LogP contribution in [0.5, 0.6) is 0 Å². The van der Waals surface area contributed by atoms with Gasteiger partial charge in [-0.2, -0.15) is 0 Å². The summed E-state index contributed by atoms with van der Waals surface area (Å²) >= 11 is 2.28. The van der Waals surface area contributed by atoms with Crippen LogP contribution in [0, 0.1) is 3.57 Å². The minimum Gasteiger partial charge on any atom is -0.212 e. The summed E-state index contributed by atoms with van der Waals surface area (Å²) < 4.78 is 28.1. The molecule has 106 valence electrons. The third-order valence-corrected chi connectivity index (χ3v) is 6.34. The van der Waals surface area contributed by atoms with E-state index in [9.17, 15) is 8.42 Å². The molecular weight excluding hydrogens is 373 g/mol. The Morgan fingerprint density at radius 1 is 1.21 bits per heavy atom. The number of hydrogen-bond donors (Lipinski definition) is 1. The van der Waals surface area contributed by atoms with E-state index in [1.165, 1.54) is 9.13 Å². The number of sulfonamides is 1. The van der Waals surface area contributed by atoms with Crippen molar-refractivity contribution in [2.45, 2.75) is 50.3 Å². The van der Waals surface area contributed by atoms with Crippen molar-refractivity contribution in [2.24, 2.45) is 0 Å². The Hall–Kier alpha value is -0.140. The molecule has 0 saturated heterocycles. The largest absolute Gasteiger partial charge is 0.214 e. The highest BCUT2D eigenvalue weighted by molar-refractivity contribution is 14.1.